The van der Waals surface area contributed by atoms with Crippen LogP contribution >= 0.6 is 0 Å². The Balaban J connectivity index is 1.78. The van der Waals surface area contributed by atoms with Gasteiger partial charge in [0.05, 0.1) is 11.1 Å². The van der Waals surface area contributed by atoms with Gasteiger partial charge in [-0.3, -0.25) is 0 Å². The number of furan rings is 1. The number of hydrogen-bond donors (Lipinski definition) is 0. The number of rotatable bonds is 5. The van der Waals surface area contributed by atoms with Gasteiger partial charge in [-0.15, -0.1) is 0 Å². The van der Waals surface area contributed by atoms with Crippen molar-refractivity contribution in [3.05, 3.63) is 81.6 Å². The van der Waals surface area contributed by atoms with Gasteiger partial charge in [0.25, 0.3) is 0 Å². The zero-order chi connectivity index (χ0) is 23.7. The van der Waals surface area contributed by atoms with Crippen molar-refractivity contribution in [3.8, 4) is 11.3 Å². The Morgan fingerprint density at radius 1 is 0.844 bits per heavy atom. The highest BCUT2D eigenvalue weighted by molar-refractivity contribution is 5.77. The molecule has 0 N–H and O–H groups in total. The Hall–Kier alpha value is -3.23. The molecule has 0 aliphatic carbocycles. The highest BCUT2D eigenvalue weighted by atomic mass is 19.4. The Morgan fingerprint density at radius 2 is 1.41 bits per heavy atom. The van der Waals surface area contributed by atoms with Crippen molar-refractivity contribution in [2.45, 2.75) is 39.7 Å². The minimum absolute atomic E-state index is 0.0672. The second-order valence-corrected chi connectivity index (χ2v) is 7.38. The molecule has 2 aromatic carbocycles. The molecule has 0 saturated heterocycles. The molecule has 0 amide bonds. The predicted molar refractivity (Wildman–Crippen MR) is 107 cm³/mol. The number of aryl methyl sites for hydroxylation is 3. The van der Waals surface area contributed by atoms with Crippen LogP contribution in [-0.4, -0.2) is 6.21 Å². The molecule has 32 heavy (non-hydrogen) atoms. The van der Waals surface area contributed by atoms with Gasteiger partial charge in [-0.2, -0.15) is 26.3 Å². The fourth-order valence-corrected chi connectivity index (χ4v) is 3.30. The Kier molecular flexibility index (Phi) is 6.39. The van der Waals surface area contributed by atoms with Crippen molar-refractivity contribution < 1.29 is 35.6 Å². The molecule has 0 spiro atoms. The van der Waals surface area contributed by atoms with Gasteiger partial charge in [-0.05, 0) is 67.8 Å². The van der Waals surface area contributed by atoms with Crippen LogP contribution in [0.3, 0.4) is 0 Å². The third-order valence-electron chi connectivity index (χ3n) is 4.80. The molecule has 9 heteroatoms. The first kappa shape index (κ1) is 23.4. The maximum Gasteiger partial charge on any atom is 0.416 e. The van der Waals surface area contributed by atoms with Crippen molar-refractivity contribution in [2.75, 3.05) is 0 Å². The number of alkyl halides is 6. The van der Waals surface area contributed by atoms with E-state index in [0.717, 1.165) is 22.3 Å². The molecule has 0 saturated carbocycles. The molecule has 3 nitrogen and oxygen atoms in total. The first-order valence-corrected chi connectivity index (χ1v) is 9.46. The molecule has 170 valence electrons. The third-order valence-corrected chi connectivity index (χ3v) is 4.80. The molecule has 0 fully saturated rings. The Bertz CT molecular complexity index is 1090. The summed E-state index contributed by atoms with van der Waals surface area (Å²) in [5.74, 6) is -0.0448. The summed E-state index contributed by atoms with van der Waals surface area (Å²) in [6.45, 7) is 6.08. The predicted octanol–water partition coefficient (Wildman–Crippen LogP) is 7.46. The van der Waals surface area contributed by atoms with Gasteiger partial charge >= 0.3 is 12.4 Å². The van der Waals surface area contributed by atoms with E-state index in [-0.39, 0.29) is 29.8 Å². The smallest absolute Gasteiger partial charge is 0.416 e. The second-order valence-electron chi connectivity index (χ2n) is 7.38. The van der Waals surface area contributed by atoms with Gasteiger partial charge in [0, 0.05) is 5.56 Å². The lowest BCUT2D eigenvalue weighted by atomic mass is 10.0. The largest absolute Gasteiger partial charge is 0.455 e. The number of benzene rings is 2. The molecule has 3 aromatic rings. The summed E-state index contributed by atoms with van der Waals surface area (Å²) in [5.41, 5.74) is 1.00. The van der Waals surface area contributed by atoms with Crippen LogP contribution in [-0.2, 0) is 23.8 Å². The van der Waals surface area contributed by atoms with Crippen molar-refractivity contribution in [1.29, 1.82) is 0 Å². The first-order valence-electron chi connectivity index (χ1n) is 9.46. The molecule has 0 bridgehead atoms. The van der Waals surface area contributed by atoms with Crippen LogP contribution < -0.4 is 0 Å². The van der Waals surface area contributed by atoms with E-state index in [0.29, 0.717) is 12.1 Å². The average molecular weight is 455 g/mol. The van der Waals surface area contributed by atoms with Gasteiger partial charge in [-0.25, -0.2) is 0 Å². The Labute approximate surface area is 180 Å². The van der Waals surface area contributed by atoms with Gasteiger partial charge < -0.3 is 9.25 Å². The van der Waals surface area contributed by atoms with Crippen LogP contribution in [0.4, 0.5) is 26.3 Å². The number of oxime groups is 1. The third kappa shape index (κ3) is 5.52. The first-order chi connectivity index (χ1) is 14.8. The van der Waals surface area contributed by atoms with Crippen LogP contribution in [0.1, 0.15) is 39.1 Å². The second kappa shape index (κ2) is 8.72. The molecule has 0 unspecified atom stereocenters. The van der Waals surface area contributed by atoms with Crippen molar-refractivity contribution in [3.63, 3.8) is 0 Å². The van der Waals surface area contributed by atoms with Gasteiger partial charge in [0.2, 0.25) is 0 Å². The maximum atomic E-state index is 13.0. The van der Waals surface area contributed by atoms with E-state index < -0.39 is 23.5 Å². The zero-order valence-electron chi connectivity index (χ0n) is 17.4. The quantitative estimate of drug-likeness (QED) is 0.227. The Morgan fingerprint density at radius 3 is 1.94 bits per heavy atom. The monoisotopic (exact) mass is 455 g/mol. The lowest BCUT2D eigenvalue weighted by Crippen LogP contribution is -2.11. The number of nitrogens with zero attached hydrogens (tertiary/aromatic N) is 1. The van der Waals surface area contributed by atoms with Crippen LogP contribution in [0, 0.1) is 20.8 Å². The SMILES string of the molecule is Cc1cc(C)c(CO/N=C\c2ccc(-c3cc(C(F)(F)F)cc(C(F)(F)F)c3)o2)c(C)c1. The van der Waals surface area contributed by atoms with E-state index >= 15 is 0 Å². The lowest BCUT2D eigenvalue weighted by molar-refractivity contribution is -0.143. The van der Waals surface area contributed by atoms with Crippen LogP contribution in [0.2, 0.25) is 0 Å². The van der Waals surface area contributed by atoms with Crippen LogP contribution in [0.5, 0.6) is 0 Å². The van der Waals surface area contributed by atoms with Gasteiger partial charge in [-0.1, -0.05) is 22.9 Å². The standard InChI is InChI=1S/C23H19F6NO2/c1-13-6-14(2)20(15(3)7-13)12-31-30-11-19-4-5-21(32-19)16-8-17(22(24,25)26)10-18(9-16)23(27,28)29/h4-11H,12H2,1-3H3/b30-11-. The van der Waals surface area contributed by atoms with E-state index in [1.807, 2.05) is 32.9 Å². The number of hydrogen-bond acceptors (Lipinski definition) is 3. The van der Waals surface area contributed by atoms with Crippen molar-refractivity contribution in [2.24, 2.45) is 5.16 Å². The van der Waals surface area contributed by atoms with E-state index in [1.54, 1.807) is 0 Å². The molecule has 0 atom stereocenters. The van der Waals surface area contributed by atoms with Crippen molar-refractivity contribution >= 4 is 6.21 Å². The molecule has 3 rings (SSSR count). The van der Waals surface area contributed by atoms with E-state index in [1.165, 1.54) is 18.3 Å². The number of halogens is 6. The molecule has 1 heterocycles. The van der Waals surface area contributed by atoms with E-state index in [4.69, 9.17) is 9.25 Å². The highest BCUT2D eigenvalue weighted by Gasteiger charge is 2.37. The van der Waals surface area contributed by atoms with E-state index in [9.17, 15) is 26.3 Å². The van der Waals surface area contributed by atoms with Gasteiger partial charge in [0.1, 0.15) is 24.3 Å². The van der Waals surface area contributed by atoms with Crippen LogP contribution in [0.15, 0.2) is 52.0 Å². The average Bonchev–Trinajstić information content (AvgIpc) is 3.14. The summed E-state index contributed by atoms with van der Waals surface area (Å²) in [5, 5.41) is 3.78. The molecule has 0 aliphatic rings. The molecule has 0 aliphatic heterocycles. The summed E-state index contributed by atoms with van der Waals surface area (Å²) in [4.78, 5) is 5.28. The topological polar surface area (TPSA) is 34.7 Å². The highest BCUT2D eigenvalue weighted by Crippen LogP contribution is 2.38. The molecule has 0 radical (unpaired) electrons. The summed E-state index contributed by atoms with van der Waals surface area (Å²) in [7, 11) is 0. The summed E-state index contributed by atoms with van der Waals surface area (Å²) in [6.07, 6.45) is -8.68. The van der Waals surface area contributed by atoms with Gasteiger partial charge in [0.15, 0.2) is 0 Å². The lowest BCUT2D eigenvalue weighted by Gasteiger charge is -2.13. The minimum Gasteiger partial charge on any atom is -0.455 e. The van der Waals surface area contributed by atoms with E-state index in [2.05, 4.69) is 5.16 Å². The maximum absolute atomic E-state index is 13.0. The normalized spacial score (nSPS) is 12.5. The molecular formula is C23H19F6NO2. The van der Waals surface area contributed by atoms with Crippen LogP contribution in [0.25, 0.3) is 11.3 Å². The molecular weight excluding hydrogens is 436 g/mol. The zero-order valence-corrected chi connectivity index (χ0v) is 17.4. The summed E-state index contributed by atoms with van der Waals surface area (Å²) in [6, 6.07) is 7.95. The summed E-state index contributed by atoms with van der Waals surface area (Å²) >= 11 is 0. The van der Waals surface area contributed by atoms with Crippen molar-refractivity contribution in [1.82, 2.24) is 0 Å². The fraction of sp³-hybridized carbons (Fsp3) is 0.261. The fourth-order valence-electron chi connectivity index (χ4n) is 3.30. The molecule has 1 aromatic heterocycles. The minimum atomic E-state index is -4.94. The summed E-state index contributed by atoms with van der Waals surface area (Å²) < 4.78 is 83.6.